The summed E-state index contributed by atoms with van der Waals surface area (Å²) >= 11 is 0. The average Bonchev–Trinajstić information content (AvgIpc) is 3.08. The van der Waals surface area contributed by atoms with Gasteiger partial charge in [-0.3, -0.25) is 23.7 Å². The summed E-state index contributed by atoms with van der Waals surface area (Å²) in [4.78, 5) is 37.6. The highest BCUT2D eigenvalue weighted by Gasteiger charge is 2.44. The normalized spacial score (nSPS) is 24.3. The number of H-pyrrole nitrogens is 1. The molecule has 1 fully saturated rings. The molecule has 1 aromatic heterocycles. The molecule has 0 bridgehead atoms. The molecule has 1 saturated heterocycles. The monoisotopic (exact) mass is 529 g/mol. The molecule has 0 amide bonds. The maximum atomic E-state index is 13.8. The zero-order valence-electron chi connectivity index (χ0n) is 20.1. The first-order valence-corrected chi connectivity index (χ1v) is 12.8. The van der Waals surface area contributed by atoms with Crippen molar-refractivity contribution in [3.05, 3.63) is 63.2 Å². The van der Waals surface area contributed by atoms with Crippen LogP contribution in [0.5, 0.6) is 5.75 Å². The Balaban J connectivity index is 1.77. The summed E-state index contributed by atoms with van der Waals surface area (Å²) < 4.78 is 50.0. The summed E-state index contributed by atoms with van der Waals surface area (Å²) in [6.45, 7) is 5.82. The molecule has 12 nitrogen and oxygen atoms in total. The van der Waals surface area contributed by atoms with Gasteiger partial charge in [0.2, 0.25) is 5.82 Å². The Morgan fingerprint density at radius 3 is 2.58 bits per heavy atom. The number of rotatable bonds is 10. The SMILES string of the molecule is CC(C)OC(=O)[C@@H](C)NP(=O)(OC[C@H]1O[C@@H](n2cc(F)c(=O)[nH]c2=O)C(C)[C@@H]1O)Oc1ccccc1. The summed E-state index contributed by atoms with van der Waals surface area (Å²) in [6, 6.07) is 7.00. The van der Waals surface area contributed by atoms with E-state index in [-0.39, 0.29) is 5.75 Å². The molecule has 1 aliphatic heterocycles. The molecule has 14 heteroatoms. The lowest BCUT2D eigenvalue weighted by molar-refractivity contribution is -0.149. The molecule has 2 heterocycles. The first kappa shape index (κ1) is 27.8. The first-order chi connectivity index (χ1) is 16.9. The van der Waals surface area contributed by atoms with Crippen LogP contribution >= 0.6 is 7.75 Å². The predicted octanol–water partition coefficient (Wildman–Crippen LogP) is 1.70. The lowest BCUT2D eigenvalue weighted by Crippen LogP contribution is -2.37. The maximum absolute atomic E-state index is 13.8. The molecule has 1 aromatic carbocycles. The Kier molecular flexibility index (Phi) is 8.85. The number of esters is 1. The van der Waals surface area contributed by atoms with Crippen LogP contribution in [0, 0.1) is 11.7 Å². The molecule has 36 heavy (non-hydrogen) atoms. The highest BCUT2D eigenvalue weighted by atomic mass is 31.2. The molecule has 2 aromatic rings. The lowest BCUT2D eigenvalue weighted by atomic mass is 10.0. The van der Waals surface area contributed by atoms with Crippen LogP contribution in [-0.4, -0.2) is 51.6 Å². The van der Waals surface area contributed by atoms with Crippen LogP contribution in [0.2, 0.25) is 0 Å². The second-order valence-electron chi connectivity index (χ2n) is 8.59. The topological polar surface area (TPSA) is 158 Å². The first-order valence-electron chi connectivity index (χ1n) is 11.2. The number of hydrogen-bond donors (Lipinski definition) is 3. The highest BCUT2D eigenvalue weighted by Crippen LogP contribution is 2.46. The van der Waals surface area contributed by atoms with Crippen LogP contribution < -0.4 is 20.9 Å². The number of ether oxygens (including phenoxy) is 2. The summed E-state index contributed by atoms with van der Waals surface area (Å²) in [5.74, 6) is -2.43. The zero-order chi connectivity index (χ0) is 26.6. The van der Waals surface area contributed by atoms with Crippen molar-refractivity contribution < 1.29 is 37.4 Å². The van der Waals surface area contributed by atoms with Crippen LogP contribution in [0.1, 0.15) is 33.9 Å². The smallest absolute Gasteiger partial charge is 0.459 e. The number of carbonyl (C=O) groups excluding carboxylic acids is 1. The molecule has 0 saturated carbocycles. The molecule has 6 atom stereocenters. The molecular formula is C22H29FN3O9P. The average molecular weight is 529 g/mol. The lowest BCUT2D eigenvalue weighted by Gasteiger charge is -2.25. The quantitative estimate of drug-likeness (QED) is 0.306. The molecule has 3 rings (SSSR count). The van der Waals surface area contributed by atoms with Crippen LogP contribution in [0.4, 0.5) is 4.39 Å². The Labute approximate surface area is 205 Å². The molecule has 0 spiro atoms. The number of benzene rings is 1. The van der Waals surface area contributed by atoms with E-state index in [0.29, 0.717) is 6.20 Å². The Hall–Kier alpha value is -2.83. The van der Waals surface area contributed by atoms with Crippen LogP contribution in [0.25, 0.3) is 0 Å². The predicted molar refractivity (Wildman–Crippen MR) is 125 cm³/mol. The van der Waals surface area contributed by atoms with Gasteiger partial charge >= 0.3 is 19.4 Å². The number of nitrogens with one attached hydrogen (secondary N) is 2. The van der Waals surface area contributed by atoms with Gasteiger partial charge in [0.1, 0.15) is 24.1 Å². The number of aliphatic hydroxyl groups excluding tert-OH is 1. The van der Waals surface area contributed by atoms with Gasteiger partial charge in [-0.25, -0.2) is 9.36 Å². The molecule has 0 aliphatic carbocycles. The highest BCUT2D eigenvalue weighted by molar-refractivity contribution is 7.52. The minimum Gasteiger partial charge on any atom is -0.462 e. The van der Waals surface area contributed by atoms with Crippen molar-refractivity contribution in [1.82, 2.24) is 14.6 Å². The second kappa shape index (κ2) is 11.5. The number of nitrogens with zero attached hydrogens (tertiary/aromatic N) is 1. The van der Waals surface area contributed by atoms with Gasteiger partial charge in [-0.2, -0.15) is 9.48 Å². The largest absolute Gasteiger partial charge is 0.462 e. The fourth-order valence-electron chi connectivity index (χ4n) is 3.50. The molecule has 3 N–H and O–H groups in total. The van der Waals surface area contributed by atoms with E-state index < -0.39 is 73.9 Å². The van der Waals surface area contributed by atoms with Gasteiger partial charge in [0.05, 0.1) is 25.0 Å². The van der Waals surface area contributed by atoms with E-state index >= 15 is 0 Å². The Morgan fingerprint density at radius 2 is 1.94 bits per heavy atom. The molecule has 0 radical (unpaired) electrons. The van der Waals surface area contributed by atoms with Gasteiger partial charge in [-0.15, -0.1) is 0 Å². The Morgan fingerprint density at radius 1 is 1.28 bits per heavy atom. The van der Waals surface area contributed by atoms with Crippen molar-refractivity contribution >= 4 is 13.7 Å². The van der Waals surface area contributed by atoms with Crippen LogP contribution in [0.3, 0.4) is 0 Å². The third-order valence-corrected chi connectivity index (χ3v) is 6.96. The van der Waals surface area contributed by atoms with E-state index in [1.165, 1.54) is 19.1 Å². The standard InChI is InChI=1S/C22H29FN3O9P/c1-12(2)33-21(29)14(4)25-36(31,35-15-8-6-5-7-9-15)32-11-17-18(27)13(3)20(34-17)26-10-16(23)19(28)24-22(26)30/h5-10,12-14,17-18,20,27H,11H2,1-4H3,(H,25,31)(H,24,28,30)/t13?,14-,17-,18+,20-,36?/m1/s1. The summed E-state index contributed by atoms with van der Waals surface area (Å²) in [5, 5.41) is 13.2. The van der Waals surface area contributed by atoms with Gasteiger partial charge in [0, 0.05) is 5.92 Å². The van der Waals surface area contributed by atoms with Crippen molar-refractivity contribution in [2.24, 2.45) is 5.92 Å². The van der Waals surface area contributed by atoms with Crippen LogP contribution in [-0.2, 0) is 23.4 Å². The molecule has 1 aliphatic rings. The van der Waals surface area contributed by atoms with E-state index in [1.807, 2.05) is 4.98 Å². The van der Waals surface area contributed by atoms with Crippen LogP contribution in [0.15, 0.2) is 46.1 Å². The number of carbonyl (C=O) groups is 1. The van der Waals surface area contributed by atoms with Crippen molar-refractivity contribution in [2.45, 2.75) is 58.3 Å². The van der Waals surface area contributed by atoms with Gasteiger partial charge in [0.15, 0.2) is 0 Å². The zero-order valence-corrected chi connectivity index (χ0v) is 21.0. The number of halogens is 1. The van der Waals surface area contributed by atoms with Gasteiger partial charge in [0.25, 0.3) is 5.56 Å². The third kappa shape index (κ3) is 6.68. The van der Waals surface area contributed by atoms with Crippen molar-refractivity contribution in [2.75, 3.05) is 6.61 Å². The number of aromatic amines is 1. The van der Waals surface area contributed by atoms with E-state index in [2.05, 4.69) is 5.09 Å². The summed E-state index contributed by atoms with van der Waals surface area (Å²) in [7, 11) is -4.23. The second-order valence-corrected chi connectivity index (χ2v) is 10.3. The van der Waals surface area contributed by atoms with E-state index in [9.17, 15) is 28.4 Å². The summed E-state index contributed by atoms with van der Waals surface area (Å²) in [6.07, 6.45) is -3.19. The number of aliphatic hydroxyl groups is 1. The molecule has 198 valence electrons. The number of para-hydroxylation sites is 1. The Bertz CT molecular complexity index is 1220. The van der Waals surface area contributed by atoms with E-state index in [1.54, 1.807) is 39.0 Å². The summed E-state index contributed by atoms with van der Waals surface area (Å²) in [5.41, 5.74) is -2.11. The van der Waals surface area contributed by atoms with Gasteiger partial charge in [-0.1, -0.05) is 25.1 Å². The minimum atomic E-state index is -4.23. The third-order valence-electron chi connectivity index (χ3n) is 5.32. The fraction of sp³-hybridized carbons (Fsp3) is 0.500. The molecular weight excluding hydrogens is 500 g/mol. The van der Waals surface area contributed by atoms with Crippen molar-refractivity contribution in [3.8, 4) is 5.75 Å². The number of hydrogen-bond acceptors (Lipinski definition) is 9. The minimum absolute atomic E-state index is 0.187. The maximum Gasteiger partial charge on any atom is 0.459 e. The van der Waals surface area contributed by atoms with E-state index in [0.717, 1.165) is 4.57 Å². The van der Waals surface area contributed by atoms with Crippen molar-refractivity contribution in [1.29, 1.82) is 0 Å². The van der Waals surface area contributed by atoms with Crippen molar-refractivity contribution in [3.63, 3.8) is 0 Å². The van der Waals surface area contributed by atoms with Gasteiger partial charge < -0.3 is 19.1 Å². The number of aromatic nitrogens is 2. The van der Waals surface area contributed by atoms with E-state index in [4.69, 9.17) is 18.5 Å². The molecule has 2 unspecified atom stereocenters. The van der Waals surface area contributed by atoms with Gasteiger partial charge in [-0.05, 0) is 32.9 Å². The fourth-order valence-corrected chi connectivity index (χ4v) is 5.01.